The van der Waals surface area contributed by atoms with Gasteiger partial charge in [-0.3, -0.25) is 4.79 Å². The summed E-state index contributed by atoms with van der Waals surface area (Å²) in [5.41, 5.74) is 0.976. The molecule has 1 aliphatic rings. The van der Waals surface area contributed by atoms with Crippen molar-refractivity contribution in [2.45, 2.75) is 31.9 Å². The van der Waals surface area contributed by atoms with Crippen LogP contribution in [-0.2, 0) is 16.9 Å². The molecule has 0 radical (unpaired) electrons. The highest BCUT2D eigenvalue weighted by Gasteiger charge is 2.44. The van der Waals surface area contributed by atoms with Crippen LogP contribution in [0.1, 0.15) is 30.9 Å². The number of hydrogen-bond donors (Lipinski definition) is 1. The monoisotopic (exact) mass is 342 g/mol. The van der Waals surface area contributed by atoms with E-state index in [0.717, 1.165) is 11.3 Å². The number of hydrazone groups is 1. The summed E-state index contributed by atoms with van der Waals surface area (Å²) in [6.07, 6.45) is 1.20. The number of halogens is 1. The summed E-state index contributed by atoms with van der Waals surface area (Å²) in [5.74, 6) is -0.201. The first kappa shape index (κ1) is 16.7. The van der Waals surface area contributed by atoms with Crippen molar-refractivity contribution in [3.63, 3.8) is 0 Å². The van der Waals surface area contributed by atoms with Gasteiger partial charge in [0.15, 0.2) is 5.72 Å². The first-order chi connectivity index (χ1) is 11.5. The van der Waals surface area contributed by atoms with Gasteiger partial charge in [-0.25, -0.2) is 0 Å². The van der Waals surface area contributed by atoms with E-state index in [-0.39, 0.29) is 12.3 Å². The van der Waals surface area contributed by atoms with Crippen LogP contribution in [0, 0.1) is 0 Å². The molecule has 0 saturated heterocycles. The molecule has 3 rings (SSSR count). The number of aliphatic hydroxyl groups is 1. The average Bonchev–Trinajstić information content (AvgIpc) is 2.90. The quantitative estimate of drug-likeness (QED) is 0.920. The lowest BCUT2D eigenvalue weighted by Crippen LogP contribution is -2.43. The van der Waals surface area contributed by atoms with Gasteiger partial charge in [0.05, 0.1) is 0 Å². The molecule has 1 heterocycles. The van der Waals surface area contributed by atoms with E-state index < -0.39 is 5.72 Å². The zero-order valence-corrected chi connectivity index (χ0v) is 14.2. The van der Waals surface area contributed by atoms with Crippen molar-refractivity contribution in [1.82, 2.24) is 5.01 Å². The summed E-state index contributed by atoms with van der Waals surface area (Å²) in [6, 6.07) is 16.7. The van der Waals surface area contributed by atoms with Crippen LogP contribution in [0.15, 0.2) is 59.7 Å². The zero-order chi connectivity index (χ0) is 17.2. The first-order valence-electron chi connectivity index (χ1n) is 7.88. The third-order valence-electron chi connectivity index (χ3n) is 4.14. The second-order valence-corrected chi connectivity index (χ2v) is 6.46. The van der Waals surface area contributed by atoms with Crippen LogP contribution < -0.4 is 0 Å². The molecular weight excluding hydrogens is 324 g/mol. The van der Waals surface area contributed by atoms with Crippen LogP contribution in [0.2, 0.25) is 5.02 Å². The van der Waals surface area contributed by atoms with Crippen molar-refractivity contribution < 1.29 is 9.90 Å². The molecule has 0 aromatic heterocycles. The van der Waals surface area contributed by atoms with Crippen molar-refractivity contribution in [2.75, 3.05) is 0 Å². The van der Waals surface area contributed by atoms with Crippen molar-refractivity contribution >= 4 is 23.2 Å². The van der Waals surface area contributed by atoms with Crippen LogP contribution in [0.4, 0.5) is 0 Å². The molecular formula is C19H19ClN2O2. The minimum atomic E-state index is -1.44. The van der Waals surface area contributed by atoms with E-state index in [0.29, 0.717) is 23.4 Å². The molecule has 124 valence electrons. The molecule has 2 aromatic carbocycles. The molecule has 24 heavy (non-hydrogen) atoms. The summed E-state index contributed by atoms with van der Waals surface area (Å²) in [5, 5.41) is 17.2. The van der Waals surface area contributed by atoms with Gasteiger partial charge in [0.1, 0.15) is 0 Å². The van der Waals surface area contributed by atoms with E-state index >= 15 is 0 Å². The number of carbonyl (C=O) groups excluding carboxylic acids is 1. The molecule has 0 unspecified atom stereocenters. The van der Waals surface area contributed by atoms with Gasteiger partial charge in [0.2, 0.25) is 5.91 Å². The number of carbonyl (C=O) groups is 1. The van der Waals surface area contributed by atoms with Crippen molar-refractivity contribution in [3.05, 3.63) is 70.7 Å². The van der Waals surface area contributed by atoms with Gasteiger partial charge >= 0.3 is 0 Å². The lowest BCUT2D eigenvalue weighted by molar-refractivity contribution is -0.157. The Balaban J connectivity index is 1.78. The smallest absolute Gasteiger partial charge is 0.245 e. The minimum Gasteiger partial charge on any atom is -0.365 e. The summed E-state index contributed by atoms with van der Waals surface area (Å²) in [4.78, 5) is 12.7. The standard InChI is InChI=1S/C19H19ClN2O2/c1-14-13-19(24,16-8-10-17(20)11-9-16)22(21-14)18(23)12-7-15-5-3-2-4-6-15/h2-6,8-11,24H,7,12-13H2,1H3/t19-/m0/s1. The zero-order valence-electron chi connectivity index (χ0n) is 13.4. The third-order valence-corrected chi connectivity index (χ3v) is 4.39. The van der Waals surface area contributed by atoms with Gasteiger partial charge in [-0.1, -0.05) is 54.1 Å². The van der Waals surface area contributed by atoms with Gasteiger partial charge in [0.25, 0.3) is 0 Å². The number of nitrogens with zero attached hydrogens (tertiary/aromatic N) is 2. The fraction of sp³-hybridized carbons (Fsp3) is 0.263. The molecule has 1 aliphatic heterocycles. The molecule has 0 spiro atoms. The van der Waals surface area contributed by atoms with Gasteiger partial charge in [-0.2, -0.15) is 10.1 Å². The molecule has 2 aromatic rings. The molecule has 1 N–H and O–H groups in total. The van der Waals surface area contributed by atoms with Crippen LogP contribution in [0.5, 0.6) is 0 Å². The Kier molecular flexibility index (Phi) is 4.69. The lowest BCUT2D eigenvalue weighted by atomic mass is 9.97. The molecule has 5 heteroatoms. The summed E-state index contributed by atoms with van der Waals surface area (Å²) >= 11 is 5.92. The highest BCUT2D eigenvalue weighted by atomic mass is 35.5. The van der Waals surface area contributed by atoms with E-state index in [9.17, 15) is 9.90 Å². The van der Waals surface area contributed by atoms with E-state index in [1.54, 1.807) is 24.3 Å². The fourth-order valence-electron chi connectivity index (χ4n) is 2.93. The Labute approximate surface area is 146 Å². The number of amides is 1. The van der Waals surface area contributed by atoms with Crippen LogP contribution in [-0.4, -0.2) is 21.7 Å². The first-order valence-corrected chi connectivity index (χ1v) is 8.26. The maximum absolute atomic E-state index is 12.7. The SMILES string of the molecule is CC1=NN(C(=O)CCc2ccccc2)[C@@](O)(c2ccc(Cl)cc2)C1. The fourth-order valence-corrected chi connectivity index (χ4v) is 3.05. The van der Waals surface area contributed by atoms with Crippen molar-refractivity contribution in [3.8, 4) is 0 Å². The molecule has 1 atom stereocenters. The van der Waals surface area contributed by atoms with Crippen LogP contribution in [0.3, 0.4) is 0 Å². The lowest BCUT2D eigenvalue weighted by Gasteiger charge is -2.31. The Morgan fingerprint density at radius 3 is 2.54 bits per heavy atom. The van der Waals surface area contributed by atoms with E-state index in [2.05, 4.69) is 5.10 Å². The Hall–Kier alpha value is -2.17. The molecule has 0 aliphatic carbocycles. The predicted octanol–water partition coefficient (Wildman–Crippen LogP) is 3.73. The van der Waals surface area contributed by atoms with Gasteiger partial charge in [0, 0.05) is 29.1 Å². The van der Waals surface area contributed by atoms with E-state index in [1.165, 1.54) is 5.01 Å². The Morgan fingerprint density at radius 1 is 1.21 bits per heavy atom. The van der Waals surface area contributed by atoms with Crippen LogP contribution >= 0.6 is 11.6 Å². The number of benzene rings is 2. The third kappa shape index (κ3) is 3.35. The Bertz CT molecular complexity index is 759. The predicted molar refractivity (Wildman–Crippen MR) is 94.7 cm³/mol. The highest BCUT2D eigenvalue weighted by Crippen LogP contribution is 2.36. The van der Waals surface area contributed by atoms with E-state index in [4.69, 9.17) is 11.6 Å². The second kappa shape index (κ2) is 6.75. The molecule has 0 bridgehead atoms. The summed E-state index contributed by atoms with van der Waals surface area (Å²) < 4.78 is 0. The van der Waals surface area contributed by atoms with Crippen molar-refractivity contribution in [2.24, 2.45) is 5.10 Å². The van der Waals surface area contributed by atoms with E-state index in [1.807, 2.05) is 37.3 Å². The highest BCUT2D eigenvalue weighted by molar-refractivity contribution is 6.30. The minimum absolute atomic E-state index is 0.201. The topological polar surface area (TPSA) is 52.9 Å². The second-order valence-electron chi connectivity index (χ2n) is 6.03. The largest absolute Gasteiger partial charge is 0.365 e. The van der Waals surface area contributed by atoms with Crippen molar-refractivity contribution in [1.29, 1.82) is 0 Å². The molecule has 4 nitrogen and oxygen atoms in total. The molecule has 0 fully saturated rings. The average molecular weight is 343 g/mol. The normalized spacial score (nSPS) is 20.1. The number of rotatable bonds is 4. The number of aryl methyl sites for hydroxylation is 1. The maximum Gasteiger partial charge on any atom is 0.245 e. The van der Waals surface area contributed by atoms with Crippen LogP contribution in [0.25, 0.3) is 0 Å². The summed E-state index contributed by atoms with van der Waals surface area (Å²) in [7, 11) is 0. The summed E-state index contributed by atoms with van der Waals surface area (Å²) in [6.45, 7) is 1.81. The van der Waals surface area contributed by atoms with Gasteiger partial charge in [-0.05, 0) is 31.0 Å². The van der Waals surface area contributed by atoms with Gasteiger partial charge < -0.3 is 5.11 Å². The maximum atomic E-state index is 12.7. The van der Waals surface area contributed by atoms with Gasteiger partial charge in [-0.15, -0.1) is 0 Å². The number of hydrogen-bond acceptors (Lipinski definition) is 3. The Morgan fingerprint density at radius 2 is 1.88 bits per heavy atom. The molecule has 1 amide bonds. The molecule has 0 saturated carbocycles.